The minimum Gasteiger partial charge on any atom is -0.324 e. The molecule has 9 heteroatoms. The van der Waals surface area contributed by atoms with Gasteiger partial charge in [0.1, 0.15) is 17.8 Å². The van der Waals surface area contributed by atoms with Gasteiger partial charge in [0.15, 0.2) is 0 Å². The third-order valence-corrected chi connectivity index (χ3v) is 4.46. The largest absolute Gasteiger partial charge is 0.324 e. The van der Waals surface area contributed by atoms with Gasteiger partial charge in [-0.1, -0.05) is 24.3 Å². The number of nitrogens with one attached hydrogen (secondary N) is 1. The Bertz CT molecular complexity index is 923. The van der Waals surface area contributed by atoms with E-state index in [0.717, 1.165) is 12.8 Å². The Hall–Kier alpha value is -3.62. The molecular weight excluding hydrogens is 350 g/mol. The van der Waals surface area contributed by atoms with Crippen LogP contribution in [0.5, 0.6) is 0 Å². The number of amidine groups is 2. The minimum atomic E-state index is -0.458. The van der Waals surface area contributed by atoms with Crippen molar-refractivity contribution in [3.63, 3.8) is 0 Å². The summed E-state index contributed by atoms with van der Waals surface area (Å²) in [4.78, 5) is 30.4. The van der Waals surface area contributed by atoms with Crippen molar-refractivity contribution in [3.05, 3.63) is 79.9 Å². The third-order valence-electron chi connectivity index (χ3n) is 4.46. The van der Waals surface area contributed by atoms with Crippen LogP contribution >= 0.6 is 0 Å². The van der Waals surface area contributed by atoms with Gasteiger partial charge < -0.3 is 5.32 Å². The maximum atomic E-state index is 11.1. The second-order valence-electron chi connectivity index (χ2n) is 6.45. The molecule has 0 atom stereocenters. The molecule has 136 valence electrons. The molecule has 1 aliphatic heterocycles. The van der Waals surface area contributed by atoms with Crippen molar-refractivity contribution in [2.75, 3.05) is 0 Å². The van der Waals surface area contributed by atoms with Crippen LogP contribution in [0.15, 0.2) is 58.5 Å². The summed E-state index contributed by atoms with van der Waals surface area (Å²) in [6.45, 7) is 0. The van der Waals surface area contributed by atoms with Crippen LogP contribution in [-0.2, 0) is 0 Å². The molecule has 1 saturated carbocycles. The molecular formula is C18H15N5O4. The lowest BCUT2D eigenvalue weighted by atomic mass is 10.1. The summed E-state index contributed by atoms with van der Waals surface area (Å²) < 4.78 is 0. The van der Waals surface area contributed by atoms with Crippen LogP contribution in [0.2, 0.25) is 0 Å². The fourth-order valence-corrected chi connectivity index (χ4v) is 2.90. The van der Waals surface area contributed by atoms with Crippen LogP contribution in [-0.4, -0.2) is 27.7 Å². The Balaban J connectivity index is 1.71. The zero-order valence-electron chi connectivity index (χ0n) is 14.1. The fraction of sp³-hybridized carbons (Fsp3) is 0.222. The Morgan fingerprint density at radius 1 is 0.852 bits per heavy atom. The zero-order valence-corrected chi connectivity index (χ0v) is 14.1. The van der Waals surface area contributed by atoms with E-state index in [4.69, 9.17) is 0 Å². The van der Waals surface area contributed by atoms with E-state index in [0.29, 0.717) is 28.7 Å². The van der Waals surface area contributed by atoms with E-state index >= 15 is 0 Å². The Labute approximate surface area is 153 Å². The lowest BCUT2D eigenvalue weighted by molar-refractivity contribution is -0.385. The van der Waals surface area contributed by atoms with Crippen LogP contribution in [0.1, 0.15) is 24.0 Å². The van der Waals surface area contributed by atoms with Gasteiger partial charge >= 0.3 is 0 Å². The maximum Gasteiger partial charge on any atom is 0.270 e. The first kappa shape index (κ1) is 16.8. The van der Waals surface area contributed by atoms with E-state index in [1.807, 2.05) is 0 Å². The maximum absolute atomic E-state index is 11.1. The standard InChI is InChI=1S/C18H15N5O4/c24-22(25)14-5-1-3-12(9-14)17-19-16(11-7-8-11)20-18(21-17)13-4-2-6-15(10-13)23(26)27/h1-6,9-11,16H,7-8H2,(H,19,20,21). The smallest absolute Gasteiger partial charge is 0.270 e. The number of benzene rings is 2. The van der Waals surface area contributed by atoms with Crippen molar-refractivity contribution in [1.29, 1.82) is 0 Å². The van der Waals surface area contributed by atoms with E-state index in [1.54, 1.807) is 24.3 Å². The number of hydrogen-bond donors (Lipinski definition) is 1. The molecule has 1 fully saturated rings. The summed E-state index contributed by atoms with van der Waals surface area (Å²) in [5.41, 5.74) is 1.10. The predicted octanol–water partition coefficient (Wildman–Crippen LogP) is 3.04. The van der Waals surface area contributed by atoms with Gasteiger partial charge in [0.05, 0.1) is 9.85 Å². The summed E-state index contributed by atoms with van der Waals surface area (Å²) >= 11 is 0. The molecule has 0 radical (unpaired) electrons. The number of hydrogen-bond acceptors (Lipinski definition) is 7. The lowest BCUT2D eigenvalue weighted by Crippen LogP contribution is -2.38. The number of nitro benzene ring substituents is 2. The number of nitro groups is 2. The van der Waals surface area contributed by atoms with Crippen molar-refractivity contribution in [2.45, 2.75) is 19.0 Å². The van der Waals surface area contributed by atoms with Crippen molar-refractivity contribution >= 4 is 23.0 Å². The Morgan fingerprint density at radius 3 is 1.74 bits per heavy atom. The molecule has 1 N–H and O–H groups in total. The normalized spacial score (nSPS) is 16.9. The SMILES string of the molecule is O=[N+]([O-])c1cccc(C2=NC(C3CC3)N=C(c3cccc([N+](=O)[O-])c3)N2)c1. The quantitative estimate of drug-likeness (QED) is 0.644. The first-order valence-electron chi connectivity index (χ1n) is 8.43. The second kappa shape index (κ2) is 6.60. The first-order chi connectivity index (χ1) is 13.0. The zero-order chi connectivity index (χ0) is 19.0. The summed E-state index contributed by atoms with van der Waals surface area (Å²) in [6.07, 6.45) is 1.74. The summed E-state index contributed by atoms with van der Waals surface area (Å²) in [5.74, 6) is 1.29. The molecule has 27 heavy (non-hydrogen) atoms. The van der Waals surface area contributed by atoms with Gasteiger partial charge in [-0.15, -0.1) is 0 Å². The Kier molecular flexibility index (Phi) is 4.11. The Morgan fingerprint density at radius 2 is 1.33 bits per heavy atom. The van der Waals surface area contributed by atoms with Gasteiger partial charge in [0, 0.05) is 41.3 Å². The van der Waals surface area contributed by atoms with Gasteiger partial charge in [-0.3, -0.25) is 20.2 Å². The molecule has 4 rings (SSSR count). The third kappa shape index (κ3) is 3.52. The molecule has 2 aromatic carbocycles. The van der Waals surface area contributed by atoms with E-state index in [2.05, 4.69) is 15.3 Å². The molecule has 0 amide bonds. The number of non-ortho nitro benzene ring substituents is 2. The highest BCUT2D eigenvalue weighted by molar-refractivity contribution is 6.16. The van der Waals surface area contributed by atoms with Crippen molar-refractivity contribution < 1.29 is 9.85 Å². The lowest BCUT2D eigenvalue weighted by Gasteiger charge is -2.21. The molecule has 1 aliphatic carbocycles. The number of nitrogens with zero attached hydrogens (tertiary/aromatic N) is 4. The van der Waals surface area contributed by atoms with E-state index in [-0.39, 0.29) is 17.5 Å². The fourth-order valence-electron chi connectivity index (χ4n) is 2.90. The molecule has 0 unspecified atom stereocenters. The minimum absolute atomic E-state index is 0.0283. The molecule has 9 nitrogen and oxygen atoms in total. The predicted molar refractivity (Wildman–Crippen MR) is 98.9 cm³/mol. The van der Waals surface area contributed by atoms with Crippen LogP contribution in [0.4, 0.5) is 11.4 Å². The molecule has 0 saturated heterocycles. The molecule has 0 aromatic heterocycles. The van der Waals surface area contributed by atoms with E-state index in [9.17, 15) is 20.2 Å². The molecule has 2 aliphatic rings. The van der Waals surface area contributed by atoms with Gasteiger partial charge in [-0.2, -0.15) is 0 Å². The highest BCUT2D eigenvalue weighted by Crippen LogP contribution is 2.36. The average Bonchev–Trinajstić information content (AvgIpc) is 3.53. The van der Waals surface area contributed by atoms with Gasteiger partial charge in [0.25, 0.3) is 11.4 Å². The molecule has 0 bridgehead atoms. The van der Waals surface area contributed by atoms with Gasteiger partial charge in [-0.05, 0) is 12.8 Å². The van der Waals surface area contributed by atoms with Crippen LogP contribution < -0.4 is 5.32 Å². The van der Waals surface area contributed by atoms with Crippen molar-refractivity contribution in [3.8, 4) is 0 Å². The van der Waals surface area contributed by atoms with Crippen molar-refractivity contribution in [1.82, 2.24) is 5.32 Å². The van der Waals surface area contributed by atoms with Crippen molar-refractivity contribution in [2.24, 2.45) is 15.9 Å². The first-order valence-corrected chi connectivity index (χ1v) is 8.43. The number of rotatable bonds is 5. The van der Waals surface area contributed by atoms with Crippen LogP contribution in [0, 0.1) is 26.1 Å². The van der Waals surface area contributed by atoms with E-state index < -0.39 is 9.85 Å². The van der Waals surface area contributed by atoms with Crippen LogP contribution in [0.25, 0.3) is 0 Å². The van der Waals surface area contributed by atoms with Gasteiger partial charge in [-0.25, -0.2) is 9.98 Å². The summed E-state index contributed by atoms with van der Waals surface area (Å²) in [5, 5.41) is 25.2. The van der Waals surface area contributed by atoms with E-state index in [1.165, 1.54) is 24.3 Å². The summed E-state index contributed by atoms with van der Waals surface area (Å²) in [7, 11) is 0. The molecule has 0 spiro atoms. The molecule has 2 aromatic rings. The van der Waals surface area contributed by atoms with Gasteiger partial charge in [0.2, 0.25) is 0 Å². The number of aliphatic imine (C=N–C) groups is 2. The highest BCUT2D eigenvalue weighted by Gasteiger charge is 2.34. The monoisotopic (exact) mass is 365 g/mol. The molecule has 1 heterocycles. The van der Waals surface area contributed by atoms with Crippen LogP contribution in [0.3, 0.4) is 0 Å². The summed E-state index contributed by atoms with van der Waals surface area (Å²) in [6, 6.07) is 12.4. The average molecular weight is 365 g/mol. The highest BCUT2D eigenvalue weighted by atomic mass is 16.6. The second-order valence-corrected chi connectivity index (χ2v) is 6.45. The topological polar surface area (TPSA) is 123 Å².